The van der Waals surface area contributed by atoms with Gasteiger partial charge in [0.05, 0.1) is 5.41 Å². The van der Waals surface area contributed by atoms with Crippen LogP contribution in [0.25, 0.3) is 0 Å². The molecule has 122 valence electrons. The molecule has 1 saturated carbocycles. The first-order valence-corrected chi connectivity index (χ1v) is 8.54. The molecule has 22 heavy (non-hydrogen) atoms. The van der Waals surface area contributed by atoms with E-state index in [4.69, 9.17) is 16.3 Å². The number of benzene rings is 1. The van der Waals surface area contributed by atoms with Crippen LogP contribution in [0.3, 0.4) is 0 Å². The summed E-state index contributed by atoms with van der Waals surface area (Å²) in [4.78, 5) is 12.6. The van der Waals surface area contributed by atoms with Crippen molar-refractivity contribution in [2.75, 3.05) is 19.8 Å². The first kappa shape index (κ1) is 17.3. The zero-order chi connectivity index (χ0) is 16.0. The van der Waals surface area contributed by atoms with E-state index >= 15 is 0 Å². The highest BCUT2D eigenvalue weighted by molar-refractivity contribution is 6.30. The number of halogens is 1. The summed E-state index contributed by atoms with van der Waals surface area (Å²) in [5, 5.41) is 3.78. The van der Waals surface area contributed by atoms with Gasteiger partial charge in [0.2, 0.25) is 5.91 Å². The van der Waals surface area contributed by atoms with Crippen LogP contribution >= 0.6 is 11.6 Å². The standard InChI is InChI=1S/C18H26ClNO2/c1-14(2)13-22-12-4-11-20-17(21)18(9-3-10-18)15-5-7-16(19)8-6-15/h5-8,14H,3-4,9-13H2,1-2H3,(H,20,21). The summed E-state index contributed by atoms with van der Waals surface area (Å²) >= 11 is 5.94. The van der Waals surface area contributed by atoms with Crippen LogP contribution in [-0.2, 0) is 14.9 Å². The molecule has 2 rings (SSSR count). The molecule has 0 atom stereocenters. The molecule has 1 amide bonds. The third-order valence-electron chi connectivity index (χ3n) is 4.24. The highest BCUT2D eigenvalue weighted by Crippen LogP contribution is 2.44. The fraction of sp³-hybridized carbons (Fsp3) is 0.611. The maximum atomic E-state index is 12.6. The largest absolute Gasteiger partial charge is 0.381 e. The van der Waals surface area contributed by atoms with Gasteiger partial charge < -0.3 is 10.1 Å². The lowest BCUT2D eigenvalue weighted by Crippen LogP contribution is -2.49. The predicted molar refractivity (Wildman–Crippen MR) is 90.3 cm³/mol. The Morgan fingerprint density at radius 2 is 2.00 bits per heavy atom. The Morgan fingerprint density at radius 3 is 2.55 bits per heavy atom. The van der Waals surface area contributed by atoms with Gasteiger partial charge in [-0.1, -0.05) is 44.0 Å². The lowest BCUT2D eigenvalue weighted by molar-refractivity contribution is -0.130. The van der Waals surface area contributed by atoms with Crippen LogP contribution in [0.5, 0.6) is 0 Å². The van der Waals surface area contributed by atoms with Crippen LogP contribution in [0.1, 0.15) is 45.1 Å². The van der Waals surface area contributed by atoms with E-state index in [1.807, 2.05) is 24.3 Å². The summed E-state index contributed by atoms with van der Waals surface area (Å²) < 4.78 is 5.53. The zero-order valence-electron chi connectivity index (χ0n) is 13.5. The Labute approximate surface area is 138 Å². The van der Waals surface area contributed by atoms with E-state index in [9.17, 15) is 4.79 Å². The monoisotopic (exact) mass is 323 g/mol. The van der Waals surface area contributed by atoms with E-state index in [0.717, 1.165) is 37.9 Å². The predicted octanol–water partition coefficient (Wildman–Crippen LogP) is 3.94. The van der Waals surface area contributed by atoms with Gasteiger partial charge >= 0.3 is 0 Å². The second kappa shape index (κ2) is 7.98. The van der Waals surface area contributed by atoms with E-state index in [1.54, 1.807) is 0 Å². The van der Waals surface area contributed by atoms with Crippen molar-refractivity contribution in [3.8, 4) is 0 Å². The van der Waals surface area contributed by atoms with Crippen LogP contribution in [0.2, 0.25) is 5.02 Å². The van der Waals surface area contributed by atoms with Gasteiger partial charge in [-0.25, -0.2) is 0 Å². The number of rotatable bonds is 8. The van der Waals surface area contributed by atoms with Crippen molar-refractivity contribution in [1.82, 2.24) is 5.32 Å². The van der Waals surface area contributed by atoms with Gasteiger partial charge in [0.1, 0.15) is 0 Å². The third-order valence-corrected chi connectivity index (χ3v) is 4.49. The van der Waals surface area contributed by atoms with Gasteiger partial charge in [0, 0.05) is 24.8 Å². The van der Waals surface area contributed by atoms with Gasteiger partial charge in [0.25, 0.3) is 0 Å². The molecule has 0 heterocycles. The third kappa shape index (κ3) is 4.23. The first-order chi connectivity index (χ1) is 10.5. The van der Waals surface area contributed by atoms with Crippen LogP contribution in [0.4, 0.5) is 0 Å². The molecule has 1 N–H and O–H groups in total. The van der Waals surface area contributed by atoms with Gasteiger partial charge in [-0.3, -0.25) is 4.79 Å². The van der Waals surface area contributed by atoms with Gasteiger partial charge in [-0.2, -0.15) is 0 Å². The molecule has 0 aromatic heterocycles. The van der Waals surface area contributed by atoms with E-state index in [2.05, 4.69) is 19.2 Å². The minimum absolute atomic E-state index is 0.143. The molecule has 1 aliphatic carbocycles. The molecular formula is C18H26ClNO2. The smallest absolute Gasteiger partial charge is 0.230 e. The number of ether oxygens (including phenoxy) is 1. The molecule has 0 spiro atoms. The highest BCUT2D eigenvalue weighted by atomic mass is 35.5. The summed E-state index contributed by atoms with van der Waals surface area (Å²) in [7, 11) is 0. The normalized spacial score (nSPS) is 16.4. The SMILES string of the molecule is CC(C)COCCCNC(=O)C1(c2ccc(Cl)cc2)CCC1. The highest BCUT2D eigenvalue weighted by Gasteiger charge is 2.45. The molecule has 1 aromatic rings. The fourth-order valence-corrected chi connectivity index (χ4v) is 2.94. The van der Waals surface area contributed by atoms with Crippen LogP contribution in [0.15, 0.2) is 24.3 Å². The molecule has 3 nitrogen and oxygen atoms in total. The van der Waals surface area contributed by atoms with Crippen molar-refractivity contribution in [2.24, 2.45) is 5.92 Å². The van der Waals surface area contributed by atoms with Crippen LogP contribution < -0.4 is 5.32 Å². The average Bonchev–Trinajstić information content (AvgIpc) is 2.43. The minimum Gasteiger partial charge on any atom is -0.381 e. The lowest BCUT2D eigenvalue weighted by atomic mass is 9.64. The van der Waals surface area contributed by atoms with Crippen molar-refractivity contribution in [2.45, 2.75) is 44.9 Å². The average molecular weight is 324 g/mol. The summed E-state index contributed by atoms with van der Waals surface area (Å²) in [6.45, 7) is 6.42. The van der Waals surface area contributed by atoms with Crippen molar-refractivity contribution >= 4 is 17.5 Å². The summed E-state index contributed by atoms with van der Waals surface area (Å²) in [5.41, 5.74) is 0.736. The number of hydrogen-bond donors (Lipinski definition) is 1. The second-order valence-electron chi connectivity index (χ2n) is 6.52. The molecule has 1 aliphatic rings. The topological polar surface area (TPSA) is 38.3 Å². The Balaban J connectivity index is 1.81. The van der Waals surface area contributed by atoms with E-state index in [0.29, 0.717) is 24.1 Å². The van der Waals surface area contributed by atoms with Crippen molar-refractivity contribution in [1.29, 1.82) is 0 Å². The fourth-order valence-electron chi connectivity index (χ4n) is 2.81. The van der Waals surface area contributed by atoms with E-state index in [-0.39, 0.29) is 11.3 Å². The molecule has 1 aromatic carbocycles. The number of carbonyl (C=O) groups is 1. The first-order valence-electron chi connectivity index (χ1n) is 8.17. The Bertz CT molecular complexity index is 480. The molecule has 0 unspecified atom stereocenters. The number of nitrogens with one attached hydrogen (secondary N) is 1. The molecule has 0 bridgehead atoms. The molecule has 0 aliphatic heterocycles. The molecule has 4 heteroatoms. The number of carbonyl (C=O) groups excluding carboxylic acids is 1. The summed E-state index contributed by atoms with van der Waals surface area (Å²) in [6, 6.07) is 7.69. The Hall–Kier alpha value is -1.06. The Kier molecular flexibility index (Phi) is 6.27. The molecule has 1 fully saturated rings. The van der Waals surface area contributed by atoms with Crippen LogP contribution in [0, 0.1) is 5.92 Å². The lowest BCUT2D eigenvalue weighted by Gasteiger charge is -2.40. The molecule has 0 saturated heterocycles. The minimum atomic E-state index is -0.344. The van der Waals surface area contributed by atoms with Crippen LogP contribution in [-0.4, -0.2) is 25.7 Å². The van der Waals surface area contributed by atoms with Gasteiger partial charge in [0.15, 0.2) is 0 Å². The maximum Gasteiger partial charge on any atom is 0.230 e. The zero-order valence-corrected chi connectivity index (χ0v) is 14.3. The second-order valence-corrected chi connectivity index (χ2v) is 6.96. The van der Waals surface area contributed by atoms with Gasteiger partial charge in [-0.05, 0) is 42.9 Å². The summed E-state index contributed by atoms with van der Waals surface area (Å²) in [5.74, 6) is 0.697. The number of hydrogen-bond acceptors (Lipinski definition) is 2. The van der Waals surface area contributed by atoms with E-state index in [1.165, 1.54) is 0 Å². The van der Waals surface area contributed by atoms with Crippen molar-refractivity contribution in [3.63, 3.8) is 0 Å². The molecule has 0 radical (unpaired) electrons. The maximum absolute atomic E-state index is 12.6. The van der Waals surface area contributed by atoms with Crippen molar-refractivity contribution < 1.29 is 9.53 Å². The summed E-state index contributed by atoms with van der Waals surface area (Å²) in [6.07, 6.45) is 3.80. The Morgan fingerprint density at radius 1 is 1.32 bits per heavy atom. The van der Waals surface area contributed by atoms with Crippen molar-refractivity contribution in [3.05, 3.63) is 34.9 Å². The quantitative estimate of drug-likeness (QED) is 0.736. The molecular weight excluding hydrogens is 298 g/mol. The van der Waals surface area contributed by atoms with E-state index < -0.39 is 0 Å². The number of amides is 1. The van der Waals surface area contributed by atoms with Gasteiger partial charge in [-0.15, -0.1) is 0 Å².